The van der Waals surface area contributed by atoms with Gasteiger partial charge in [0, 0.05) is 12.4 Å². The van der Waals surface area contributed by atoms with E-state index in [1.807, 2.05) is 12.1 Å². The van der Waals surface area contributed by atoms with Crippen molar-refractivity contribution in [3.63, 3.8) is 0 Å². The number of rotatable bonds is 3. The van der Waals surface area contributed by atoms with E-state index in [1.165, 1.54) is 30.4 Å². The monoisotopic (exact) mass is 253 g/mol. The first-order valence-corrected chi connectivity index (χ1v) is 7.00. The Morgan fingerprint density at radius 2 is 1.95 bits per heavy atom. The molecule has 0 radical (unpaired) electrons. The minimum absolute atomic E-state index is 0.390. The van der Waals surface area contributed by atoms with Crippen molar-refractivity contribution in [1.82, 2.24) is 4.98 Å². The van der Waals surface area contributed by atoms with Crippen molar-refractivity contribution in [3.8, 4) is 0 Å². The number of aliphatic hydroxyl groups is 1. The largest absolute Gasteiger partial charge is 0.388 e. The van der Waals surface area contributed by atoms with E-state index in [1.54, 1.807) is 12.4 Å². The summed E-state index contributed by atoms with van der Waals surface area (Å²) in [7, 11) is 0. The van der Waals surface area contributed by atoms with Gasteiger partial charge in [0.15, 0.2) is 0 Å². The van der Waals surface area contributed by atoms with Crippen LogP contribution < -0.4 is 0 Å². The number of hydrogen-bond acceptors (Lipinski definition) is 2. The molecule has 19 heavy (non-hydrogen) atoms. The molecule has 98 valence electrons. The summed E-state index contributed by atoms with van der Waals surface area (Å²) < 4.78 is 0. The van der Waals surface area contributed by atoms with Crippen molar-refractivity contribution in [1.29, 1.82) is 0 Å². The Bertz CT molecular complexity index is 538. The van der Waals surface area contributed by atoms with E-state index in [2.05, 4.69) is 29.2 Å². The molecule has 2 unspecified atom stereocenters. The normalized spacial score (nSPS) is 19.7. The molecule has 0 saturated heterocycles. The molecule has 0 spiro atoms. The lowest BCUT2D eigenvalue weighted by molar-refractivity contribution is 0.154. The lowest BCUT2D eigenvalue weighted by Gasteiger charge is -2.27. The SMILES string of the molecule is OC(CC1CCCc2ccccc21)c1ccncc1. The second kappa shape index (κ2) is 5.54. The molecule has 0 bridgehead atoms. The summed E-state index contributed by atoms with van der Waals surface area (Å²) in [6.45, 7) is 0. The average Bonchev–Trinajstić information content (AvgIpc) is 2.48. The summed E-state index contributed by atoms with van der Waals surface area (Å²) in [5.74, 6) is 0.480. The highest BCUT2D eigenvalue weighted by molar-refractivity contribution is 5.33. The van der Waals surface area contributed by atoms with Gasteiger partial charge in [-0.25, -0.2) is 0 Å². The quantitative estimate of drug-likeness (QED) is 0.906. The molecule has 1 aliphatic rings. The summed E-state index contributed by atoms with van der Waals surface area (Å²) in [4.78, 5) is 4.00. The van der Waals surface area contributed by atoms with Crippen molar-refractivity contribution in [2.45, 2.75) is 37.7 Å². The Hall–Kier alpha value is -1.67. The zero-order valence-corrected chi connectivity index (χ0v) is 11.0. The standard InChI is InChI=1S/C17H19NO/c19-17(14-8-10-18-11-9-14)12-15-6-3-5-13-4-1-2-7-16(13)15/h1-2,4,7-11,15,17,19H,3,5-6,12H2. The van der Waals surface area contributed by atoms with Crippen LogP contribution in [-0.4, -0.2) is 10.1 Å². The number of aryl methyl sites for hydroxylation is 1. The maximum atomic E-state index is 10.4. The van der Waals surface area contributed by atoms with Crippen molar-refractivity contribution in [2.75, 3.05) is 0 Å². The molecular formula is C17H19NO. The predicted molar refractivity (Wildman–Crippen MR) is 75.9 cm³/mol. The molecule has 0 saturated carbocycles. The van der Waals surface area contributed by atoms with Crippen LogP contribution in [0.3, 0.4) is 0 Å². The number of hydrogen-bond donors (Lipinski definition) is 1. The number of benzene rings is 1. The van der Waals surface area contributed by atoms with Crippen LogP contribution in [-0.2, 0) is 6.42 Å². The highest BCUT2D eigenvalue weighted by Crippen LogP contribution is 2.37. The van der Waals surface area contributed by atoms with E-state index in [4.69, 9.17) is 0 Å². The third kappa shape index (κ3) is 2.69. The predicted octanol–water partition coefficient (Wildman–Crippen LogP) is 3.63. The molecule has 1 N–H and O–H groups in total. The van der Waals surface area contributed by atoms with E-state index in [-0.39, 0.29) is 6.10 Å². The summed E-state index contributed by atoms with van der Waals surface area (Å²) in [6.07, 6.45) is 7.49. The fourth-order valence-electron chi connectivity index (χ4n) is 3.09. The molecule has 2 heteroatoms. The molecule has 2 atom stereocenters. The van der Waals surface area contributed by atoms with Crippen LogP contribution in [0.25, 0.3) is 0 Å². The molecule has 0 fully saturated rings. The van der Waals surface area contributed by atoms with Gasteiger partial charge < -0.3 is 5.11 Å². The van der Waals surface area contributed by atoms with Gasteiger partial charge in [0.05, 0.1) is 6.10 Å². The molecule has 1 aromatic heterocycles. The lowest BCUT2D eigenvalue weighted by atomic mass is 9.79. The molecule has 1 aliphatic carbocycles. The van der Waals surface area contributed by atoms with Gasteiger partial charge in [-0.05, 0) is 60.4 Å². The first-order chi connectivity index (χ1) is 9.34. The Labute approximate surface area is 114 Å². The van der Waals surface area contributed by atoms with Crippen molar-refractivity contribution < 1.29 is 5.11 Å². The molecule has 3 rings (SSSR count). The van der Waals surface area contributed by atoms with Gasteiger partial charge in [0.25, 0.3) is 0 Å². The maximum Gasteiger partial charge on any atom is 0.0797 e. The van der Waals surface area contributed by atoms with Crippen LogP contribution >= 0.6 is 0 Å². The molecule has 1 aromatic carbocycles. The van der Waals surface area contributed by atoms with Gasteiger partial charge in [-0.1, -0.05) is 24.3 Å². The van der Waals surface area contributed by atoms with Gasteiger partial charge >= 0.3 is 0 Å². The van der Waals surface area contributed by atoms with E-state index >= 15 is 0 Å². The van der Waals surface area contributed by atoms with E-state index in [0.29, 0.717) is 5.92 Å². The van der Waals surface area contributed by atoms with Gasteiger partial charge in [-0.2, -0.15) is 0 Å². The molecule has 2 nitrogen and oxygen atoms in total. The number of fused-ring (bicyclic) bond motifs is 1. The fourth-order valence-corrected chi connectivity index (χ4v) is 3.09. The molecule has 0 amide bonds. The number of aromatic nitrogens is 1. The highest BCUT2D eigenvalue weighted by atomic mass is 16.3. The highest BCUT2D eigenvalue weighted by Gasteiger charge is 2.22. The van der Waals surface area contributed by atoms with E-state index in [0.717, 1.165) is 12.0 Å². The van der Waals surface area contributed by atoms with Crippen molar-refractivity contribution in [2.24, 2.45) is 0 Å². The summed E-state index contributed by atoms with van der Waals surface area (Å²) >= 11 is 0. The first-order valence-electron chi connectivity index (χ1n) is 7.00. The topological polar surface area (TPSA) is 33.1 Å². The third-order valence-corrected chi connectivity index (χ3v) is 4.09. The Morgan fingerprint density at radius 1 is 1.16 bits per heavy atom. The number of pyridine rings is 1. The van der Waals surface area contributed by atoms with Crippen molar-refractivity contribution in [3.05, 3.63) is 65.5 Å². The van der Waals surface area contributed by atoms with Crippen LogP contribution in [0.4, 0.5) is 0 Å². The minimum atomic E-state index is -0.390. The van der Waals surface area contributed by atoms with Crippen LogP contribution in [0, 0.1) is 0 Å². The van der Waals surface area contributed by atoms with Gasteiger partial charge in [-0.15, -0.1) is 0 Å². The Balaban J connectivity index is 1.78. The number of aliphatic hydroxyl groups excluding tert-OH is 1. The zero-order chi connectivity index (χ0) is 13.1. The first kappa shape index (κ1) is 12.4. The minimum Gasteiger partial charge on any atom is -0.388 e. The number of nitrogens with zero attached hydrogens (tertiary/aromatic N) is 1. The summed E-state index contributed by atoms with van der Waals surface area (Å²) in [5.41, 5.74) is 3.86. The second-order valence-corrected chi connectivity index (χ2v) is 5.32. The van der Waals surface area contributed by atoms with Gasteiger partial charge in [0.2, 0.25) is 0 Å². The molecule has 2 aromatic rings. The second-order valence-electron chi connectivity index (χ2n) is 5.32. The van der Waals surface area contributed by atoms with Crippen LogP contribution in [0.1, 0.15) is 48.0 Å². The molecule has 0 aliphatic heterocycles. The smallest absolute Gasteiger partial charge is 0.0797 e. The molecular weight excluding hydrogens is 234 g/mol. The van der Waals surface area contributed by atoms with Crippen LogP contribution in [0.2, 0.25) is 0 Å². The fraction of sp³-hybridized carbons (Fsp3) is 0.353. The lowest BCUT2D eigenvalue weighted by Crippen LogP contribution is -2.13. The van der Waals surface area contributed by atoms with Gasteiger partial charge in [-0.3, -0.25) is 4.98 Å². The Morgan fingerprint density at radius 3 is 2.79 bits per heavy atom. The summed E-state index contributed by atoms with van der Waals surface area (Å²) in [6, 6.07) is 12.5. The zero-order valence-electron chi connectivity index (χ0n) is 11.0. The summed E-state index contributed by atoms with van der Waals surface area (Å²) in [5, 5.41) is 10.4. The maximum absolute atomic E-state index is 10.4. The van der Waals surface area contributed by atoms with Gasteiger partial charge in [0.1, 0.15) is 0 Å². The van der Waals surface area contributed by atoms with Crippen LogP contribution in [0.5, 0.6) is 0 Å². The van der Waals surface area contributed by atoms with E-state index < -0.39 is 0 Å². The van der Waals surface area contributed by atoms with Crippen molar-refractivity contribution >= 4 is 0 Å². The Kier molecular flexibility index (Phi) is 3.60. The molecule has 1 heterocycles. The van der Waals surface area contributed by atoms with E-state index in [9.17, 15) is 5.11 Å². The average molecular weight is 253 g/mol. The third-order valence-electron chi connectivity index (χ3n) is 4.09. The van der Waals surface area contributed by atoms with Crippen LogP contribution in [0.15, 0.2) is 48.8 Å².